The average molecular weight is 443 g/mol. The monoisotopic (exact) mass is 443 g/mol. The average Bonchev–Trinajstić information content (AvgIpc) is 3.21. The highest BCUT2D eigenvalue weighted by atomic mass is 19.4. The van der Waals surface area contributed by atoms with Gasteiger partial charge in [-0.1, -0.05) is 0 Å². The summed E-state index contributed by atoms with van der Waals surface area (Å²) >= 11 is 0. The van der Waals surface area contributed by atoms with Gasteiger partial charge in [0.25, 0.3) is 0 Å². The molecule has 166 valence electrons. The Balaban J connectivity index is 1.44. The Kier molecular flexibility index (Phi) is 5.89. The second-order valence-electron chi connectivity index (χ2n) is 7.18. The number of hydrogen-bond donors (Lipinski definition) is 1. The van der Waals surface area contributed by atoms with Crippen LogP contribution in [0.5, 0.6) is 11.5 Å². The SMILES string of the molecule is COc1cc2c(cc1C(F)(F)F)N(C(=O)Nc1ccc(OCc3ccncc3)cc1)CC2. The number of urea groups is 1. The fraction of sp³-hybridized carbons (Fsp3) is 0.217. The van der Waals surface area contributed by atoms with Gasteiger partial charge in [-0.25, -0.2) is 4.79 Å². The van der Waals surface area contributed by atoms with Crippen LogP contribution < -0.4 is 19.7 Å². The Labute approximate surface area is 182 Å². The van der Waals surface area contributed by atoms with Crippen molar-refractivity contribution in [2.75, 3.05) is 23.9 Å². The van der Waals surface area contributed by atoms with Gasteiger partial charge in [0.15, 0.2) is 0 Å². The summed E-state index contributed by atoms with van der Waals surface area (Å²) in [7, 11) is 1.20. The molecular formula is C23H20F3N3O3. The summed E-state index contributed by atoms with van der Waals surface area (Å²) in [6.07, 6.45) is -0.778. The van der Waals surface area contributed by atoms with Crippen molar-refractivity contribution in [3.8, 4) is 11.5 Å². The summed E-state index contributed by atoms with van der Waals surface area (Å²) in [6.45, 7) is 0.655. The number of amides is 2. The van der Waals surface area contributed by atoms with Gasteiger partial charge in [0, 0.05) is 30.3 Å². The predicted octanol–water partition coefficient (Wildman–Crippen LogP) is 5.28. The predicted molar refractivity (Wildman–Crippen MR) is 113 cm³/mol. The van der Waals surface area contributed by atoms with Crippen LogP contribution in [0.15, 0.2) is 60.9 Å². The number of methoxy groups -OCH3 is 1. The number of carbonyl (C=O) groups is 1. The molecule has 1 N–H and O–H groups in total. The van der Waals surface area contributed by atoms with Crippen molar-refractivity contribution in [3.05, 3.63) is 77.6 Å². The van der Waals surface area contributed by atoms with Crippen LogP contribution in [-0.2, 0) is 19.2 Å². The van der Waals surface area contributed by atoms with Gasteiger partial charge in [0.2, 0.25) is 0 Å². The van der Waals surface area contributed by atoms with E-state index in [0.717, 1.165) is 11.6 Å². The summed E-state index contributed by atoms with van der Waals surface area (Å²) in [5, 5.41) is 2.72. The molecule has 0 spiro atoms. The largest absolute Gasteiger partial charge is 0.496 e. The van der Waals surface area contributed by atoms with E-state index in [2.05, 4.69) is 10.3 Å². The number of halogens is 3. The lowest BCUT2D eigenvalue weighted by Crippen LogP contribution is -2.33. The maximum absolute atomic E-state index is 13.4. The van der Waals surface area contributed by atoms with Crippen LogP contribution in [0.4, 0.5) is 29.3 Å². The number of alkyl halides is 3. The minimum Gasteiger partial charge on any atom is -0.496 e. The van der Waals surface area contributed by atoms with Crippen molar-refractivity contribution in [1.29, 1.82) is 0 Å². The molecule has 0 unspecified atom stereocenters. The van der Waals surface area contributed by atoms with E-state index in [1.54, 1.807) is 36.7 Å². The summed E-state index contributed by atoms with van der Waals surface area (Å²) in [5.74, 6) is 0.370. The lowest BCUT2D eigenvalue weighted by Gasteiger charge is -2.20. The Bertz CT molecular complexity index is 1100. The molecule has 3 aromatic rings. The van der Waals surface area contributed by atoms with E-state index >= 15 is 0 Å². The Morgan fingerprint density at radius 1 is 1.12 bits per heavy atom. The van der Waals surface area contributed by atoms with E-state index in [1.807, 2.05) is 12.1 Å². The molecule has 1 aromatic heterocycles. The molecule has 0 saturated carbocycles. The topological polar surface area (TPSA) is 63.7 Å². The fourth-order valence-corrected chi connectivity index (χ4v) is 3.49. The summed E-state index contributed by atoms with van der Waals surface area (Å²) in [4.78, 5) is 18.0. The van der Waals surface area contributed by atoms with Crippen LogP contribution in [-0.4, -0.2) is 24.7 Å². The second kappa shape index (κ2) is 8.78. The third-order valence-electron chi connectivity index (χ3n) is 5.11. The van der Waals surface area contributed by atoms with Crippen LogP contribution in [0.25, 0.3) is 0 Å². The van der Waals surface area contributed by atoms with Gasteiger partial charge in [-0.3, -0.25) is 9.88 Å². The number of ether oxygens (including phenoxy) is 2. The smallest absolute Gasteiger partial charge is 0.420 e. The molecule has 2 aromatic carbocycles. The van der Waals surface area contributed by atoms with Crippen LogP contribution in [0.2, 0.25) is 0 Å². The summed E-state index contributed by atoms with van der Waals surface area (Å²) < 4.78 is 50.7. The van der Waals surface area contributed by atoms with E-state index < -0.39 is 17.8 Å². The van der Waals surface area contributed by atoms with Gasteiger partial charge in [0.1, 0.15) is 18.1 Å². The zero-order valence-corrected chi connectivity index (χ0v) is 17.1. The van der Waals surface area contributed by atoms with Crippen molar-refractivity contribution in [2.45, 2.75) is 19.2 Å². The van der Waals surface area contributed by atoms with Gasteiger partial charge in [-0.2, -0.15) is 13.2 Å². The minimum absolute atomic E-state index is 0.230. The Morgan fingerprint density at radius 2 is 1.84 bits per heavy atom. The van der Waals surface area contributed by atoms with E-state index in [0.29, 0.717) is 30.0 Å². The van der Waals surface area contributed by atoms with E-state index in [1.165, 1.54) is 18.1 Å². The molecule has 4 rings (SSSR count). The molecule has 0 atom stereocenters. The van der Waals surface area contributed by atoms with Crippen molar-refractivity contribution < 1.29 is 27.4 Å². The first-order valence-electron chi connectivity index (χ1n) is 9.83. The summed E-state index contributed by atoms with van der Waals surface area (Å²) in [5.41, 5.74) is 1.43. The zero-order valence-electron chi connectivity index (χ0n) is 17.1. The number of pyridine rings is 1. The molecular weight excluding hydrogens is 423 g/mol. The molecule has 6 nitrogen and oxygen atoms in total. The number of hydrogen-bond acceptors (Lipinski definition) is 4. The molecule has 2 heterocycles. The van der Waals surface area contributed by atoms with E-state index in [4.69, 9.17) is 9.47 Å². The summed E-state index contributed by atoms with van der Waals surface area (Å²) in [6, 6.07) is 12.3. The number of fused-ring (bicyclic) bond motifs is 1. The molecule has 0 aliphatic carbocycles. The van der Waals surface area contributed by atoms with Gasteiger partial charge >= 0.3 is 12.2 Å². The molecule has 32 heavy (non-hydrogen) atoms. The maximum atomic E-state index is 13.4. The first-order chi connectivity index (χ1) is 15.3. The Hall–Kier alpha value is -3.75. The highest BCUT2D eigenvalue weighted by Crippen LogP contribution is 2.42. The van der Waals surface area contributed by atoms with Crippen LogP contribution >= 0.6 is 0 Å². The molecule has 1 aliphatic rings. The number of nitrogens with zero attached hydrogens (tertiary/aromatic N) is 2. The lowest BCUT2D eigenvalue weighted by molar-refractivity contribution is -0.138. The zero-order chi connectivity index (χ0) is 22.7. The second-order valence-corrected chi connectivity index (χ2v) is 7.18. The van der Waals surface area contributed by atoms with Crippen molar-refractivity contribution in [2.24, 2.45) is 0 Å². The van der Waals surface area contributed by atoms with Crippen LogP contribution in [0.3, 0.4) is 0 Å². The quantitative estimate of drug-likeness (QED) is 0.583. The number of aromatic nitrogens is 1. The fourth-order valence-electron chi connectivity index (χ4n) is 3.49. The first kappa shape index (κ1) is 21.5. The maximum Gasteiger partial charge on any atom is 0.420 e. The van der Waals surface area contributed by atoms with Gasteiger partial charge in [-0.15, -0.1) is 0 Å². The number of carbonyl (C=O) groups excluding carboxylic acids is 1. The third-order valence-corrected chi connectivity index (χ3v) is 5.11. The first-order valence-corrected chi connectivity index (χ1v) is 9.83. The highest BCUT2D eigenvalue weighted by molar-refractivity contribution is 6.03. The molecule has 0 radical (unpaired) electrons. The normalized spacial score (nSPS) is 12.9. The minimum atomic E-state index is -4.59. The molecule has 0 fully saturated rings. The molecule has 9 heteroatoms. The Morgan fingerprint density at radius 3 is 2.50 bits per heavy atom. The molecule has 0 saturated heterocycles. The third kappa shape index (κ3) is 4.61. The van der Waals surface area contributed by atoms with Gasteiger partial charge in [-0.05, 0) is 66.1 Å². The van der Waals surface area contributed by atoms with E-state index in [-0.39, 0.29) is 18.0 Å². The number of anilines is 2. The number of rotatable bonds is 5. The van der Waals surface area contributed by atoms with E-state index in [9.17, 15) is 18.0 Å². The lowest BCUT2D eigenvalue weighted by atomic mass is 10.1. The van der Waals surface area contributed by atoms with Crippen LogP contribution in [0.1, 0.15) is 16.7 Å². The number of benzene rings is 2. The number of nitrogens with one attached hydrogen (secondary N) is 1. The molecule has 0 bridgehead atoms. The van der Waals surface area contributed by atoms with Crippen molar-refractivity contribution in [3.63, 3.8) is 0 Å². The van der Waals surface area contributed by atoms with Crippen molar-refractivity contribution >= 4 is 17.4 Å². The van der Waals surface area contributed by atoms with Gasteiger partial charge in [0.05, 0.1) is 12.7 Å². The standard InChI is InChI=1S/C23H20F3N3O3/c1-31-21-12-16-8-11-29(20(16)13-19(21)23(24,25)26)22(30)28-17-2-4-18(5-3-17)32-14-15-6-9-27-10-7-15/h2-7,9-10,12-13H,8,11,14H2,1H3,(H,28,30). The van der Waals surface area contributed by atoms with Crippen molar-refractivity contribution in [1.82, 2.24) is 4.98 Å². The molecule has 1 aliphatic heterocycles. The van der Waals surface area contributed by atoms with Crippen LogP contribution in [0, 0.1) is 0 Å². The van der Waals surface area contributed by atoms with Gasteiger partial charge < -0.3 is 14.8 Å². The highest BCUT2D eigenvalue weighted by Gasteiger charge is 2.37. The molecule has 2 amide bonds.